The monoisotopic (exact) mass is 319 g/mol. The summed E-state index contributed by atoms with van der Waals surface area (Å²) in [6.45, 7) is 5.81. The molecule has 1 saturated heterocycles. The molecule has 0 radical (unpaired) electrons. The third-order valence-corrected chi connectivity index (χ3v) is 4.00. The van der Waals surface area contributed by atoms with Gasteiger partial charge in [-0.25, -0.2) is 4.39 Å². The maximum absolute atomic E-state index is 13.8. The fourth-order valence-electron chi connectivity index (χ4n) is 2.88. The van der Waals surface area contributed by atoms with Gasteiger partial charge in [0.25, 0.3) is 0 Å². The summed E-state index contributed by atoms with van der Waals surface area (Å²) in [5.41, 5.74) is 2.09. The van der Waals surface area contributed by atoms with E-state index in [-0.39, 0.29) is 17.7 Å². The minimum absolute atomic E-state index is 0.103. The molecule has 5 nitrogen and oxygen atoms in total. The second-order valence-corrected chi connectivity index (χ2v) is 5.94. The van der Waals surface area contributed by atoms with E-state index in [4.69, 9.17) is 9.47 Å². The molecule has 1 aromatic heterocycles. The summed E-state index contributed by atoms with van der Waals surface area (Å²) < 4.78 is 26.5. The van der Waals surface area contributed by atoms with Gasteiger partial charge >= 0.3 is 0 Å². The molecule has 1 aliphatic heterocycles. The SMILES string of the molecule is COc1ccc(CN2CCO[C@H](Cn3cc(C)cn3)C2)cc1F. The number of ether oxygens (including phenoxy) is 2. The summed E-state index contributed by atoms with van der Waals surface area (Å²) in [6.07, 6.45) is 3.97. The summed E-state index contributed by atoms with van der Waals surface area (Å²) in [7, 11) is 1.47. The number of aromatic nitrogens is 2. The van der Waals surface area contributed by atoms with Crippen LogP contribution in [0.5, 0.6) is 5.75 Å². The zero-order valence-electron chi connectivity index (χ0n) is 13.5. The van der Waals surface area contributed by atoms with Crippen LogP contribution in [-0.4, -0.2) is 47.6 Å². The van der Waals surface area contributed by atoms with Gasteiger partial charge in [0.15, 0.2) is 11.6 Å². The Balaban J connectivity index is 1.59. The largest absolute Gasteiger partial charge is 0.494 e. The molecule has 6 heteroatoms. The van der Waals surface area contributed by atoms with Crippen LogP contribution in [0.3, 0.4) is 0 Å². The zero-order chi connectivity index (χ0) is 16.2. The van der Waals surface area contributed by atoms with E-state index in [2.05, 4.69) is 10.00 Å². The molecular weight excluding hydrogens is 297 g/mol. The molecule has 1 aromatic carbocycles. The molecule has 1 fully saturated rings. The molecule has 0 amide bonds. The molecule has 0 unspecified atom stereocenters. The van der Waals surface area contributed by atoms with Crippen LogP contribution in [0.2, 0.25) is 0 Å². The number of rotatable bonds is 5. The summed E-state index contributed by atoms with van der Waals surface area (Å²) in [6, 6.07) is 5.12. The quantitative estimate of drug-likeness (QED) is 0.847. The van der Waals surface area contributed by atoms with E-state index in [1.807, 2.05) is 30.1 Å². The summed E-state index contributed by atoms with van der Waals surface area (Å²) in [4.78, 5) is 2.28. The third kappa shape index (κ3) is 4.09. The smallest absolute Gasteiger partial charge is 0.165 e. The number of nitrogens with zero attached hydrogens (tertiary/aromatic N) is 3. The first-order valence-corrected chi connectivity index (χ1v) is 7.79. The van der Waals surface area contributed by atoms with Gasteiger partial charge in [0.05, 0.1) is 32.6 Å². The molecule has 23 heavy (non-hydrogen) atoms. The summed E-state index contributed by atoms with van der Waals surface area (Å²) in [5, 5.41) is 4.30. The Bertz CT molecular complexity index is 659. The first-order chi connectivity index (χ1) is 11.1. The Labute approximate surface area is 135 Å². The highest BCUT2D eigenvalue weighted by Gasteiger charge is 2.21. The van der Waals surface area contributed by atoms with Gasteiger partial charge in [-0.05, 0) is 30.2 Å². The first-order valence-electron chi connectivity index (χ1n) is 7.79. The van der Waals surface area contributed by atoms with E-state index in [1.54, 1.807) is 12.1 Å². The Kier molecular flexibility index (Phi) is 4.93. The molecule has 2 aromatic rings. The lowest BCUT2D eigenvalue weighted by molar-refractivity contribution is -0.0402. The molecule has 0 saturated carbocycles. The van der Waals surface area contributed by atoms with Gasteiger partial charge in [0.2, 0.25) is 0 Å². The van der Waals surface area contributed by atoms with Crippen molar-refractivity contribution in [1.82, 2.24) is 14.7 Å². The maximum Gasteiger partial charge on any atom is 0.165 e. The number of morpholine rings is 1. The second kappa shape index (κ2) is 7.10. The van der Waals surface area contributed by atoms with Crippen LogP contribution in [0.4, 0.5) is 4.39 Å². The molecular formula is C17H22FN3O2. The predicted molar refractivity (Wildman–Crippen MR) is 84.9 cm³/mol. The number of methoxy groups -OCH3 is 1. The van der Waals surface area contributed by atoms with E-state index in [0.717, 1.165) is 30.8 Å². The Morgan fingerprint density at radius 1 is 1.43 bits per heavy atom. The highest BCUT2D eigenvalue weighted by molar-refractivity contribution is 5.29. The number of halogens is 1. The van der Waals surface area contributed by atoms with E-state index in [1.165, 1.54) is 7.11 Å². The molecule has 2 heterocycles. The van der Waals surface area contributed by atoms with Crippen molar-refractivity contribution in [3.8, 4) is 5.75 Å². The molecule has 1 atom stereocenters. The summed E-state index contributed by atoms with van der Waals surface area (Å²) in [5.74, 6) is -0.0375. The standard InChI is InChI=1S/C17H22FN3O2/c1-13-8-19-21(9-13)12-15-11-20(5-6-23-15)10-14-3-4-17(22-2)16(18)7-14/h3-4,7-9,15H,5-6,10-12H2,1-2H3/t15-/m0/s1. The number of aryl methyl sites for hydroxylation is 1. The van der Waals surface area contributed by atoms with Crippen LogP contribution < -0.4 is 4.74 Å². The Hall–Kier alpha value is -1.92. The van der Waals surface area contributed by atoms with Crippen LogP contribution in [0.15, 0.2) is 30.6 Å². The van der Waals surface area contributed by atoms with Crippen molar-refractivity contribution >= 4 is 0 Å². The van der Waals surface area contributed by atoms with Crippen LogP contribution in [0.25, 0.3) is 0 Å². The third-order valence-electron chi connectivity index (χ3n) is 4.00. The van der Waals surface area contributed by atoms with Gasteiger partial charge in [0.1, 0.15) is 0 Å². The maximum atomic E-state index is 13.8. The fourth-order valence-corrected chi connectivity index (χ4v) is 2.88. The van der Waals surface area contributed by atoms with Gasteiger partial charge in [-0.15, -0.1) is 0 Å². The highest BCUT2D eigenvalue weighted by Crippen LogP contribution is 2.19. The molecule has 1 aliphatic rings. The Morgan fingerprint density at radius 2 is 2.30 bits per heavy atom. The van der Waals surface area contributed by atoms with Crippen molar-refractivity contribution in [2.24, 2.45) is 0 Å². The lowest BCUT2D eigenvalue weighted by Crippen LogP contribution is -2.43. The molecule has 3 rings (SSSR count). The lowest BCUT2D eigenvalue weighted by atomic mass is 10.1. The van der Waals surface area contributed by atoms with E-state index >= 15 is 0 Å². The van der Waals surface area contributed by atoms with E-state index in [9.17, 15) is 4.39 Å². The minimum atomic E-state index is -0.318. The van der Waals surface area contributed by atoms with Crippen molar-refractivity contribution in [2.75, 3.05) is 26.8 Å². The van der Waals surface area contributed by atoms with Crippen molar-refractivity contribution in [2.45, 2.75) is 26.1 Å². The molecule has 0 bridgehead atoms. The van der Waals surface area contributed by atoms with Crippen molar-refractivity contribution in [1.29, 1.82) is 0 Å². The fraction of sp³-hybridized carbons (Fsp3) is 0.471. The van der Waals surface area contributed by atoms with Crippen LogP contribution in [0.1, 0.15) is 11.1 Å². The molecule has 0 spiro atoms. The zero-order valence-corrected chi connectivity index (χ0v) is 13.5. The minimum Gasteiger partial charge on any atom is -0.494 e. The number of hydrogen-bond acceptors (Lipinski definition) is 4. The topological polar surface area (TPSA) is 39.5 Å². The van der Waals surface area contributed by atoms with E-state index in [0.29, 0.717) is 13.2 Å². The predicted octanol–water partition coefficient (Wildman–Crippen LogP) is 2.24. The average Bonchev–Trinajstić information content (AvgIpc) is 2.93. The average molecular weight is 319 g/mol. The Morgan fingerprint density at radius 3 is 3.00 bits per heavy atom. The van der Waals surface area contributed by atoms with Gasteiger partial charge in [0, 0.05) is 25.8 Å². The molecule has 0 N–H and O–H groups in total. The van der Waals surface area contributed by atoms with Gasteiger partial charge in [-0.3, -0.25) is 9.58 Å². The van der Waals surface area contributed by atoms with Crippen LogP contribution in [0, 0.1) is 12.7 Å². The van der Waals surface area contributed by atoms with Crippen molar-refractivity contribution in [3.05, 3.63) is 47.5 Å². The lowest BCUT2D eigenvalue weighted by Gasteiger charge is -2.33. The van der Waals surface area contributed by atoms with Crippen LogP contribution in [-0.2, 0) is 17.8 Å². The summed E-state index contributed by atoms with van der Waals surface area (Å²) >= 11 is 0. The number of benzene rings is 1. The normalized spacial score (nSPS) is 19.0. The molecule has 124 valence electrons. The van der Waals surface area contributed by atoms with E-state index < -0.39 is 0 Å². The van der Waals surface area contributed by atoms with Crippen molar-refractivity contribution in [3.63, 3.8) is 0 Å². The van der Waals surface area contributed by atoms with Gasteiger partial charge < -0.3 is 9.47 Å². The molecule has 0 aliphatic carbocycles. The number of hydrogen-bond donors (Lipinski definition) is 0. The van der Waals surface area contributed by atoms with Gasteiger partial charge in [-0.2, -0.15) is 5.10 Å². The van der Waals surface area contributed by atoms with Gasteiger partial charge in [-0.1, -0.05) is 6.07 Å². The van der Waals surface area contributed by atoms with Crippen molar-refractivity contribution < 1.29 is 13.9 Å². The van der Waals surface area contributed by atoms with Crippen LogP contribution >= 0.6 is 0 Å². The second-order valence-electron chi connectivity index (χ2n) is 5.94. The highest BCUT2D eigenvalue weighted by atomic mass is 19.1. The first kappa shape index (κ1) is 16.0.